The lowest BCUT2D eigenvalue weighted by Crippen LogP contribution is -2.30. The summed E-state index contributed by atoms with van der Waals surface area (Å²) in [5.41, 5.74) is 0. The van der Waals surface area contributed by atoms with Crippen molar-refractivity contribution in [2.45, 2.75) is 426 Å². The highest BCUT2D eigenvalue weighted by molar-refractivity contribution is 7.47. The number of carbonyl (C=O) groups is 4. The number of aliphatic hydroxyl groups excluding tert-OH is 1. The van der Waals surface area contributed by atoms with E-state index >= 15 is 0 Å². The molecule has 17 nitrogen and oxygen atoms in total. The Balaban J connectivity index is 5.23. The van der Waals surface area contributed by atoms with Crippen molar-refractivity contribution < 1.29 is 80.2 Å². The van der Waals surface area contributed by atoms with E-state index in [9.17, 15) is 43.2 Å². The van der Waals surface area contributed by atoms with Gasteiger partial charge < -0.3 is 33.8 Å². The maximum absolute atomic E-state index is 13.1. The molecule has 2 unspecified atom stereocenters. The molecule has 0 radical (unpaired) electrons. The fourth-order valence-electron chi connectivity index (χ4n) is 12.0. The standard InChI is InChI=1S/C78H152O17P2/c1-7-9-11-13-15-17-18-19-20-23-26-31-37-43-49-55-61-76(81)89-67-74(95-77(82)62-56-50-44-38-32-27-24-21-22-25-29-35-40-46-52-58-70(3)4)69-93-97(86,87)91-65-72(79)64-90-96(84,85)92-68-73(66-88-75(80)60-54-48-42-34-16-14-12-10-8-2)94-78(83)63-57-51-45-39-33-28-30-36-41-47-53-59-71(5)6/h70-74,79H,7-69H2,1-6H3,(H,84,85)(H,86,87)/t72-,73+,74+/m0/s1. The highest BCUT2D eigenvalue weighted by Gasteiger charge is 2.30. The van der Waals surface area contributed by atoms with Gasteiger partial charge in [-0.05, 0) is 37.5 Å². The molecule has 0 aromatic rings. The largest absolute Gasteiger partial charge is 0.472 e. The third-order valence-electron chi connectivity index (χ3n) is 18.2. The zero-order chi connectivity index (χ0) is 71.4. The quantitative estimate of drug-likeness (QED) is 0.0222. The Labute approximate surface area is 594 Å². The number of hydrogen-bond donors (Lipinski definition) is 3. The van der Waals surface area contributed by atoms with Gasteiger partial charge in [0.1, 0.15) is 19.3 Å². The first kappa shape index (κ1) is 95.1. The Morgan fingerprint density at radius 3 is 0.701 bits per heavy atom. The van der Waals surface area contributed by atoms with Crippen LogP contribution in [0.1, 0.15) is 408 Å². The molecule has 97 heavy (non-hydrogen) atoms. The van der Waals surface area contributed by atoms with Crippen LogP contribution < -0.4 is 0 Å². The molecule has 0 aliphatic carbocycles. The van der Waals surface area contributed by atoms with Gasteiger partial charge in [0.2, 0.25) is 0 Å². The van der Waals surface area contributed by atoms with Gasteiger partial charge in [-0.2, -0.15) is 0 Å². The van der Waals surface area contributed by atoms with E-state index in [1.165, 1.54) is 225 Å². The minimum absolute atomic E-state index is 0.107. The Bertz CT molecular complexity index is 1870. The van der Waals surface area contributed by atoms with Crippen LogP contribution in [-0.4, -0.2) is 96.7 Å². The van der Waals surface area contributed by atoms with Gasteiger partial charge in [-0.3, -0.25) is 37.3 Å². The zero-order valence-corrected chi connectivity index (χ0v) is 65.2. The van der Waals surface area contributed by atoms with Crippen LogP contribution in [0.25, 0.3) is 0 Å². The van der Waals surface area contributed by atoms with Crippen molar-refractivity contribution in [2.24, 2.45) is 11.8 Å². The van der Waals surface area contributed by atoms with Crippen LogP contribution in [0.3, 0.4) is 0 Å². The van der Waals surface area contributed by atoms with Crippen LogP contribution in [0.4, 0.5) is 0 Å². The minimum Gasteiger partial charge on any atom is -0.462 e. The molecule has 0 heterocycles. The van der Waals surface area contributed by atoms with Gasteiger partial charge in [-0.15, -0.1) is 0 Å². The molecule has 0 aliphatic heterocycles. The van der Waals surface area contributed by atoms with Crippen LogP contribution >= 0.6 is 15.6 Å². The number of phosphoric acid groups is 2. The first-order valence-corrected chi connectivity index (χ1v) is 43.5. The van der Waals surface area contributed by atoms with Crippen molar-refractivity contribution in [1.29, 1.82) is 0 Å². The van der Waals surface area contributed by atoms with Crippen molar-refractivity contribution in [2.75, 3.05) is 39.6 Å². The van der Waals surface area contributed by atoms with Crippen LogP contribution in [0.15, 0.2) is 0 Å². The fraction of sp³-hybridized carbons (Fsp3) is 0.949. The summed E-state index contributed by atoms with van der Waals surface area (Å²) in [7, 11) is -9.91. The van der Waals surface area contributed by atoms with Gasteiger partial charge in [-0.1, -0.05) is 356 Å². The molecular weight excluding hydrogens is 1270 g/mol. The molecule has 0 aromatic carbocycles. The number of phosphoric ester groups is 2. The second kappa shape index (κ2) is 69.8. The van der Waals surface area contributed by atoms with E-state index < -0.39 is 97.5 Å². The molecule has 5 atom stereocenters. The average Bonchev–Trinajstić information content (AvgIpc) is 1.18. The number of rotatable bonds is 77. The first-order chi connectivity index (χ1) is 46.9. The lowest BCUT2D eigenvalue weighted by atomic mass is 10.0. The second-order valence-corrected chi connectivity index (χ2v) is 32.0. The van der Waals surface area contributed by atoms with Crippen molar-refractivity contribution in [3.8, 4) is 0 Å². The molecule has 0 aliphatic rings. The maximum Gasteiger partial charge on any atom is 0.472 e. The Kier molecular flexibility index (Phi) is 68.4. The number of esters is 4. The fourth-order valence-corrected chi connectivity index (χ4v) is 13.6. The molecule has 0 aromatic heterocycles. The van der Waals surface area contributed by atoms with Gasteiger partial charge in [-0.25, -0.2) is 9.13 Å². The molecule has 0 bridgehead atoms. The van der Waals surface area contributed by atoms with Gasteiger partial charge in [0, 0.05) is 25.7 Å². The molecular formula is C78H152O17P2. The summed E-state index contributed by atoms with van der Waals surface area (Å²) in [6.07, 6.45) is 58.2. The van der Waals surface area contributed by atoms with E-state index in [-0.39, 0.29) is 25.7 Å². The van der Waals surface area contributed by atoms with Crippen molar-refractivity contribution in [3.63, 3.8) is 0 Å². The highest BCUT2D eigenvalue weighted by Crippen LogP contribution is 2.45. The zero-order valence-electron chi connectivity index (χ0n) is 63.4. The van der Waals surface area contributed by atoms with Crippen LogP contribution in [-0.2, 0) is 65.4 Å². The number of carbonyl (C=O) groups excluding carboxylic acids is 4. The smallest absolute Gasteiger partial charge is 0.462 e. The summed E-state index contributed by atoms with van der Waals surface area (Å²) >= 11 is 0. The maximum atomic E-state index is 13.1. The van der Waals surface area contributed by atoms with Crippen molar-refractivity contribution in [1.82, 2.24) is 0 Å². The monoisotopic (exact) mass is 1420 g/mol. The van der Waals surface area contributed by atoms with Crippen molar-refractivity contribution >= 4 is 39.5 Å². The summed E-state index contributed by atoms with van der Waals surface area (Å²) in [6.45, 7) is 9.63. The van der Waals surface area contributed by atoms with E-state index in [0.717, 1.165) is 102 Å². The number of hydrogen-bond acceptors (Lipinski definition) is 15. The predicted molar refractivity (Wildman–Crippen MR) is 395 cm³/mol. The lowest BCUT2D eigenvalue weighted by Gasteiger charge is -2.21. The van der Waals surface area contributed by atoms with Crippen LogP contribution in [0.5, 0.6) is 0 Å². The molecule has 576 valence electrons. The van der Waals surface area contributed by atoms with Gasteiger partial charge in [0.25, 0.3) is 0 Å². The number of ether oxygens (including phenoxy) is 4. The Morgan fingerprint density at radius 1 is 0.278 bits per heavy atom. The SMILES string of the molecule is CCCCCCCCCCCCCCCCCCC(=O)OC[C@H](COP(=O)(O)OC[C@@H](O)COP(=O)(O)OC[C@@H](COC(=O)CCCCCCCCCCC)OC(=O)CCCCCCCCCCCCCC(C)C)OC(=O)CCCCCCCCCCCCCCCCCC(C)C. The van der Waals surface area contributed by atoms with Gasteiger partial charge in [0.05, 0.1) is 26.4 Å². The number of unbranched alkanes of at least 4 members (excludes halogenated alkanes) is 47. The Morgan fingerprint density at radius 2 is 0.474 bits per heavy atom. The second-order valence-electron chi connectivity index (χ2n) is 29.1. The van der Waals surface area contributed by atoms with E-state index in [1.807, 2.05) is 0 Å². The molecule has 19 heteroatoms. The molecule has 0 fully saturated rings. The molecule has 0 rings (SSSR count). The van der Waals surface area contributed by atoms with E-state index in [1.54, 1.807) is 0 Å². The molecule has 0 amide bonds. The summed E-state index contributed by atoms with van der Waals surface area (Å²) in [6, 6.07) is 0. The average molecular weight is 1420 g/mol. The highest BCUT2D eigenvalue weighted by atomic mass is 31.2. The minimum atomic E-state index is -4.96. The third-order valence-corrected chi connectivity index (χ3v) is 20.1. The topological polar surface area (TPSA) is 237 Å². The number of aliphatic hydroxyl groups is 1. The normalized spacial score (nSPS) is 14.0. The molecule has 0 saturated heterocycles. The summed E-state index contributed by atoms with van der Waals surface area (Å²) in [5, 5.41) is 10.6. The van der Waals surface area contributed by atoms with Crippen molar-refractivity contribution in [3.05, 3.63) is 0 Å². The van der Waals surface area contributed by atoms with Gasteiger partial charge in [0.15, 0.2) is 12.2 Å². The predicted octanol–water partition coefficient (Wildman–Crippen LogP) is 23.1. The summed E-state index contributed by atoms with van der Waals surface area (Å²) < 4.78 is 68.6. The molecule has 3 N–H and O–H groups in total. The van der Waals surface area contributed by atoms with Gasteiger partial charge >= 0.3 is 39.5 Å². The van der Waals surface area contributed by atoms with Crippen LogP contribution in [0, 0.1) is 11.8 Å². The van der Waals surface area contributed by atoms with E-state index in [4.69, 9.17) is 37.0 Å². The van der Waals surface area contributed by atoms with Crippen LogP contribution in [0.2, 0.25) is 0 Å². The molecule has 0 saturated carbocycles. The molecule has 0 spiro atoms. The van der Waals surface area contributed by atoms with E-state index in [0.29, 0.717) is 25.7 Å². The summed E-state index contributed by atoms with van der Waals surface area (Å²) in [4.78, 5) is 72.9. The Hall–Kier alpha value is -1.94. The lowest BCUT2D eigenvalue weighted by molar-refractivity contribution is -0.161. The summed E-state index contributed by atoms with van der Waals surface area (Å²) in [5.74, 6) is -0.544. The van der Waals surface area contributed by atoms with E-state index in [2.05, 4.69) is 41.5 Å². The third kappa shape index (κ3) is 72.2. The first-order valence-electron chi connectivity index (χ1n) is 40.5.